The summed E-state index contributed by atoms with van der Waals surface area (Å²) in [6.45, 7) is 2.60. The van der Waals surface area contributed by atoms with Gasteiger partial charge < -0.3 is 4.90 Å². The smallest absolute Gasteiger partial charge is 0.177 e. The van der Waals surface area contributed by atoms with Gasteiger partial charge in [0, 0.05) is 22.6 Å². The Morgan fingerprint density at radius 3 is 2.84 bits per heavy atom. The molecular formula is C15H21BrN2O. The standard InChI is InChI=1S/C15H21BrN2O/c1-17(2)10-12-6-5-9-18(12)11-15(19)13-7-3-4-8-14(13)16/h3-4,7-8,12H,5-6,9-11H2,1-2H3. The molecule has 1 unspecified atom stereocenters. The first-order valence-corrected chi connectivity index (χ1v) is 7.53. The van der Waals surface area contributed by atoms with Crippen LogP contribution >= 0.6 is 15.9 Å². The summed E-state index contributed by atoms with van der Waals surface area (Å²) in [7, 11) is 4.18. The van der Waals surface area contributed by atoms with Crippen molar-refractivity contribution in [2.24, 2.45) is 0 Å². The van der Waals surface area contributed by atoms with E-state index in [0.717, 1.165) is 23.1 Å². The highest BCUT2D eigenvalue weighted by Crippen LogP contribution is 2.21. The highest BCUT2D eigenvalue weighted by Gasteiger charge is 2.27. The molecule has 104 valence electrons. The maximum absolute atomic E-state index is 12.4. The molecule has 19 heavy (non-hydrogen) atoms. The minimum atomic E-state index is 0.207. The van der Waals surface area contributed by atoms with E-state index in [-0.39, 0.29) is 5.78 Å². The first kappa shape index (κ1) is 14.7. The number of benzene rings is 1. The van der Waals surface area contributed by atoms with E-state index in [1.54, 1.807) is 0 Å². The number of Topliss-reactive ketones (excluding diaryl/α,β-unsaturated/α-hetero) is 1. The molecule has 0 radical (unpaired) electrons. The second-order valence-corrected chi connectivity index (χ2v) is 6.29. The van der Waals surface area contributed by atoms with E-state index in [0.29, 0.717) is 12.6 Å². The predicted octanol–water partition coefficient (Wildman–Crippen LogP) is 2.66. The summed E-state index contributed by atoms with van der Waals surface area (Å²) in [5.41, 5.74) is 0.790. The Labute approximate surface area is 123 Å². The van der Waals surface area contributed by atoms with Crippen molar-refractivity contribution in [1.82, 2.24) is 9.80 Å². The van der Waals surface area contributed by atoms with Gasteiger partial charge in [-0.15, -0.1) is 0 Å². The van der Waals surface area contributed by atoms with Gasteiger partial charge in [0.15, 0.2) is 5.78 Å². The number of halogens is 1. The molecular weight excluding hydrogens is 304 g/mol. The molecule has 1 aromatic rings. The van der Waals surface area contributed by atoms with Gasteiger partial charge in [-0.25, -0.2) is 0 Å². The molecule has 0 aromatic heterocycles. The second-order valence-electron chi connectivity index (χ2n) is 5.43. The molecule has 1 heterocycles. The van der Waals surface area contributed by atoms with Gasteiger partial charge in [0.2, 0.25) is 0 Å². The summed E-state index contributed by atoms with van der Waals surface area (Å²) in [4.78, 5) is 16.9. The van der Waals surface area contributed by atoms with Crippen molar-refractivity contribution in [2.45, 2.75) is 18.9 Å². The lowest BCUT2D eigenvalue weighted by atomic mass is 10.1. The van der Waals surface area contributed by atoms with Crippen molar-refractivity contribution in [3.8, 4) is 0 Å². The number of likely N-dealkylation sites (N-methyl/N-ethyl adjacent to an activating group) is 1. The van der Waals surface area contributed by atoms with Crippen LogP contribution in [0.4, 0.5) is 0 Å². The van der Waals surface area contributed by atoms with Crippen LogP contribution in [0.25, 0.3) is 0 Å². The molecule has 1 saturated heterocycles. The van der Waals surface area contributed by atoms with Gasteiger partial charge >= 0.3 is 0 Å². The van der Waals surface area contributed by atoms with E-state index < -0.39 is 0 Å². The molecule has 0 N–H and O–H groups in total. The monoisotopic (exact) mass is 324 g/mol. The molecule has 0 spiro atoms. The van der Waals surface area contributed by atoms with Crippen molar-refractivity contribution < 1.29 is 4.79 Å². The number of carbonyl (C=O) groups is 1. The zero-order valence-electron chi connectivity index (χ0n) is 11.6. The van der Waals surface area contributed by atoms with Crippen LogP contribution in [0.1, 0.15) is 23.2 Å². The fourth-order valence-corrected chi connectivity index (χ4v) is 3.19. The summed E-state index contributed by atoms with van der Waals surface area (Å²) < 4.78 is 0.892. The third-order valence-electron chi connectivity index (χ3n) is 3.60. The topological polar surface area (TPSA) is 23.6 Å². The Bertz CT molecular complexity index is 448. The summed E-state index contributed by atoms with van der Waals surface area (Å²) >= 11 is 3.45. The Morgan fingerprint density at radius 1 is 1.42 bits per heavy atom. The lowest BCUT2D eigenvalue weighted by Crippen LogP contribution is -2.40. The Kier molecular flexibility index (Phi) is 5.13. The van der Waals surface area contributed by atoms with Gasteiger partial charge in [0.25, 0.3) is 0 Å². The molecule has 0 amide bonds. The number of carbonyl (C=O) groups excluding carboxylic acids is 1. The largest absolute Gasteiger partial charge is 0.308 e. The fraction of sp³-hybridized carbons (Fsp3) is 0.533. The lowest BCUT2D eigenvalue weighted by Gasteiger charge is -2.26. The van der Waals surface area contributed by atoms with Crippen LogP contribution < -0.4 is 0 Å². The molecule has 1 aromatic carbocycles. The highest BCUT2D eigenvalue weighted by molar-refractivity contribution is 9.10. The van der Waals surface area contributed by atoms with Crippen molar-refractivity contribution in [1.29, 1.82) is 0 Å². The Hall–Kier alpha value is -0.710. The molecule has 2 rings (SSSR count). The molecule has 0 saturated carbocycles. The summed E-state index contributed by atoms with van der Waals surface area (Å²) in [5, 5.41) is 0. The summed E-state index contributed by atoms with van der Waals surface area (Å²) in [5.74, 6) is 0.207. The predicted molar refractivity (Wildman–Crippen MR) is 81.6 cm³/mol. The number of ketones is 1. The van der Waals surface area contributed by atoms with E-state index in [2.05, 4.69) is 39.8 Å². The summed E-state index contributed by atoms with van der Waals surface area (Å²) in [6, 6.07) is 8.18. The Morgan fingerprint density at radius 2 is 2.16 bits per heavy atom. The van der Waals surface area contributed by atoms with Gasteiger partial charge in [-0.05, 0) is 39.5 Å². The van der Waals surface area contributed by atoms with Crippen molar-refractivity contribution in [3.63, 3.8) is 0 Å². The van der Waals surface area contributed by atoms with E-state index in [1.807, 2.05) is 24.3 Å². The summed E-state index contributed by atoms with van der Waals surface area (Å²) in [6.07, 6.45) is 2.39. The van der Waals surface area contributed by atoms with Gasteiger partial charge in [-0.2, -0.15) is 0 Å². The third-order valence-corrected chi connectivity index (χ3v) is 4.29. The average Bonchev–Trinajstić information content (AvgIpc) is 2.76. The molecule has 1 aliphatic rings. The third kappa shape index (κ3) is 3.88. The van der Waals surface area contributed by atoms with Gasteiger partial charge in [0.05, 0.1) is 6.54 Å². The van der Waals surface area contributed by atoms with Crippen LogP contribution in [0.2, 0.25) is 0 Å². The van der Waals surface area contributed by atoms with Crippen LogP contribution in [0.3, 0.4) is 0 Å². The van der Waals surface area contributed by atoms with E-state index >= 15 is 0 Å². The normalized spacial score (nSPS) is 20.1. The zero-order valence-corrected chi connectivity index (χ0v) is 13.2. The molecule has 0 aliphatic carbocycles. The Balaban J connectivity index is 2.00. The van der Waals surface area contributed by atoms with Crippen LogP contribution in [0, 0.1) is 0 Å². The maximum atomic E-state index is 12.4. The molecule has 1 fully saturated rings. The lowest BCUT2D eigenvalue weighted by molar-refractivity contribution is 0.0909. The molecule has 4 heteroatoms. The van der Waals surface area contributed by atoms with Crippen LogP contribution in [-0.4, -0.2) is 55.4 Å². The molecule has 3 nitrogen and oxygen atoms in total. The van der Waals surface area contributed by atoms with Crippen molar-refractivity contribution in [2.75, 3.05) is 33.7 Å². The van der Waals surface area contributed by atoms with Crippen LogP contribution in [0.15, 0.2) is 28.7 Å². The van der Waals surface area contributed by atoms with Crippen molar-refractivity contribution >= 4 is 21.7 Å². The zero-order chi connectivity index (χ0) is 13.8. The SMILES string of the molecule is CN(C)CC1CCCN1CC(=O)c1ccccc1Br. The van der Waals surface area contributed by atoms with E-state index in [4.69, 9.17) is 0 Å². The number of likely N-dealkylation sites (tertiary alicyclic amines) is 1. The fourth-order valence-electron chi connectivity index (χ4n) is 2.69. The van der Waals surface area contributed by atoms with E-state index in [1.165, 1.54) is 12.8 Å². The minimum Gasteiger partial charge on any atom is -0.308 e. The number of nitrogens with zero attached hydrogens (tertiary/aromatic N) is 2. The first-order chi connectivity index (χ1) is 9.08. The second kappa shape index (κ2) is 6.64. The molecule has 1 atom stereocenters. The van der Waals surface area contributed by atoms with Crippen LogP contribution in [-0.2, 0) is 0 Å². The quantitative estimate of drug-likeness (QED) is 0.778. The van der Waals surface area contributed by atoms with Gasteiger partial charge in [0.1, 0.15) is 0 Å². The van der Waals surface area contributed by atoms with Crippen LogP contribution in [0.5, 0.6) is 0 Å². The van der Waals surface area contributed by atoms with Crippen molar-refractivity contribution in [3.05, 3.63) is 34.3 Å². The highest BCUT2D eigenvalue weighted by atomic mass is 79.9. The molecule has 1 aliphatic heterocycles. The van der Waals surface area contributed by atoms with E-state index in [9.17, 15) is 4.79 Å². The number of rotatable bonds is 5. The van der Waals surface area contributed by atoms with Gasteiger partial charge in [-0.3, -0.25) is 9.69 Å². The molecule has 0 bridgehead atoms. The number of hydrogen-bond acceptors (Lipinski definition) is 3. The number of hydrogen-bond donors (Lipinski definition) is 0. The van der Waals surface area contributed by atoms with Gasteiger partial charge in [-0.1, -0.05) is 34.1 Å². The first-order valence-electron chi connectivity index (χ1n) is 6.74. The average molecular weight is 325 g/mol. The maximum Gasteiger partial charge on any atom is 0.177 e. The minimum absolute atomic E-state index is 0.207.